The third-order valence-corrected chi connectivity index (χ3v) is 6.59. The van der Waals surface area contributed by atoms with Gasteiger partial charge < -0.3 is 14.6 Å². The topological polar surface area (TPSA) is 84.4 Å². The summed E-state index contributed by atoms with van der Waals surface area (Å²) < 4.78 is 12.6. The van der Waals surface area contributed by atoms with E-state index in [1.54, 1.807) is 17.5 Å². The van der Waals surface area contributed by atoms with Crippen LogP contribution in [0.4, 0.5) is 0 Å². The lowest BCUT2D eigenvalue weighted by Crippen LogP contribution is -2.20. The molecule has 2 aromatic carbocycles. The molecule has 0 saturated heterocycles. The maximum Gasteiger partial charge on any atom is 0.306 e. The summed E-state index contributed by atoms with van der Waals surface area (Å²) in [4.78, 5) is 11.9. The van der Waals surface area contributed by atoms with Crippen molar-refractivity contribution in [2.75, 3.05) is 0 Å². The molecule has 0 aliphatic carbocycles. The van der Waals surface area contributed by atoms with Crippen LogP contribution in [0, 0.1) is 12.8 Å². The third kappa shape index (κ3) is 5.66. The van der Waals surface area contributed by atoms with Crippen molar-refractivity contribution < 1.29 is 19.4 Å². The lowest BCUT2D eigenvalue weighted by atomic mass is 9.92. The van der Waals surface area contributed by atoms with E-state index in [1.165, 1.54) is 0 Å². The highest BCUT2D eigenvalue weighted by Crippen LogP contribution is 2.38. The number of nitrogens with zero attached hydrogens (tertiary/aromatic N) is 1. The lowest BCUT2D eigenvalue weighted by molar-refractivity contribution is -0.142. The molecular weight excluding hydrogens is 448 g/mol. The molecule has 2 heterocycles. The van der Waals surface area contributed by atoms with E-state index in [0.29, 0.717) is 30.9 Å². The fourth-order valence-corrected chi connectivity index (χ4v) is 4.55. The quantitative estimate of drug-likeness (QED) is 0.253. The molecule has 0 bridgehead atoms. The smallest absolute Gasteiger partial charge is 0.306 e. The Bertz CT molecular complexity index is 1210. The number of hydrogen-bond donors (Lipinski definition) is 2. The first kappa shape index (κ1) is 23.6. The second kappa shape index (κ2) is 11.0. The van der Waals surface area contributed by atoms with Gasteiger partial charge in [-0.2, -0.15) is 16.4 Å². The zero-order valence-corrected chi connectivity index (χ0v) is 20.0. The standard InChI is InChI=1S/C27H28N2O4S/c1-3-20(27(30)31)14-25(22-7-5-4-6-18(22)2)33-26-15-21(32-16-19-11-13-34-17-19)8-9-23(26)24-10-12-28-29-24/h4-13,15,17,20,25H,3,14,16H2,1-2H3,(H,28,29)(H,30,31). The van der Waals surface area contributed by atoms with Gasteiger partial charge in [0.1, 0.15) is 24.2 Å². The molecule has 2 atom stereocenters. The number of aryl methyl sites for hydroxylation is 1. The normalized spacial score (nSPS) is 12.8. The number of benzene rings is 2. The van der Waals surface area contributed by atoms with Crippen molar-refractivity contribution in [2.24, 2.45) is 5.92 Å². The minimum atomic E-state index is -0.815. The van der Waals surface area contributed by atoms with Crippen molar-refractivity contribution in [3.8, 4) is 22.8 Å². The third-order valence-electron chi connectivity index (χ3n) is 5.86. The van der Waals surface area contributed by atoms with E-state index in [1.807, 2.05) is 73.8 Å². The van der Waals surface area contributed by atoms with Crippen molar-refractivity contribution in [3.63, 3.8) is 0 Å². The van der Waals surface area contributed by atoms with Crippen LogP contribution in [0.1, 0.15) is 42.6 Å². The number of carbonyl (C=O) groups is 1. The zero-order valence-electron chi connectivity index (χ0n) is 19.2. The van der Waals surface area contributed by atoms with E-state index in [0.717, 1.165) is 27.9 Å². The van der Waals surface area contributed by atoms with Crippen LogP contribution < -0.4 is 9.47 Å². The van der Waals surface area contributed by atoms with Gasteiger partial charge in [0.15, 0.2) is 0 Å². The van der Waals surface area contributed by atoms with Gasteiger partial charge in [-0.05, 0) is 65.1 Å². The highest BCUT2D eigenvalue weighted by atomic mass is 32.1. The molecule has 0 aliphatic rings. The number of thiophene rings is 1. The van der Waals surface area contributed by atoms with Crippen molar-refractivity contribution in [1.29, 1.82) is 0 Å². The molecule has 0 saturated carbocycles. The predicted octanol–water partition coefficient (Wildman–Crippen LogP) is 6.65. The fraction of sp³-hybridized carbons (Fsp3) is 0.259. The van der Waals surface area contributed by atoms with Gasteiger partial charge in [0.05, 0.1) is 11.6 Å². The van der Waals surface area contributed by atoms with Gasteiger partial charge in [0, 0.05) is 24.2 Å². The predicted molar refractivity (Wildman–Crippen MR) is 133 cm³/mol. The number of aromatic nitrogens is 2. The molecule has 6 nitrogen and oxygen atoms in total. The zero-order chi connectivity index (χ0) is 23.9. The number of carboxylic acid groups (broad SMARTS) is 1. The molecule has 7 heteroatoms. The number of aromatic amines is 1. The average Bonchev–Trinajstić information content (AvgIpc) is 3.55. The molecule has 0 fully saturated rings. The van der Waals surface area contributed by atoms with Gasteiger partial charge in [-0.25, -0.2) is 0 Å². The Morgan fingerprint density at radius 3 is 2.71 bits per heavy atom. The Labute approximate surface area is 203 Å². The first-order chi connectivity index (χ1) is 16.5. The summed E-state index contributed by atoms with van der Waals surface area (Å²) in [6.07, 6.45) is 2.21. The second-order valence-electron chi connectivity index (χ2n) is 8.18. The number of aliphatic carboxylic acids is 1. The second-order valence-corrected chi connectivity index (χ2v) is 8.96. The molecule has 2 N–H and O–H groups in total. The molecule has 176 valence electrons. The molecule has 0 aliphatic heterocycles. The van der Waals surface area contributed by atoms with E-state index < -0.39 is 18.0 Å². The van der Waals surface area contributed by atoms with Crippen molar-refractivity contribution in [2.45, 2.75) is 39.4 Å². The van der Waals surface area contributed by atoms with Crippen LogP contribution in [0.15, 0.2) is 71.6 Å². The Morgan fingerprint density at radius 2 is 2.03 bits per heavy atom. The number of ether oxygens (including phenoxy) is 2. The molecule has 0 radical (unpaired) electrons. The number of hydrogen-bond acceptors (Lipinski definition) is 5. The number of carboxylic acids is 1. The maximum absolute atomic E-state index is 11.9. The van der Waals surface area contributed by atoms with E-state index in [2.05, 4.69) is 15.6 Å². The van der Waals surface area contributed by atoms with Crippen LogP contribution in [-0.4, -0.2) is 21.3 Å². The van der Waals surface area contributed by atoms with E-state index in [9.17, 15) is 9.90 Å². The van der Waals surface area contributed by atoms with Crippen LogP contribution in [0.25, 0.3) is 11.3 Å². The Kier molecular flexibility index (Phi) is 7.65. The van der Waals surface area contributed by atoms with Crippen molar-refractivity contribution in [1.82, 2.24) is 10.2 Å². The van der Waals surface area contributed by atoms with Crippen LogP contribution in [0.2, 0.25) is 0 Å². The van der Waals surface area contributed by atoms with Crippen LogP contribution in [-0.2, 0) is 11.4 Å². The molecule has 0 amide bonds. The molecule has 34 heavy (non-hydrogen) atoms. The van der Waals surface area contributed by atoms with Crippen LogP contribution in [0.3, 0.4) is 0 Å². The highest BCUT2D eigenvalue weighted by Gasteiger charge is 2.26. The Hall–Kier alpha value is -3.58. The fourth-order valence-electron chi connectivity index (χ4n) is 3.89. The monoisotopic (exact) mass is 476 g/mol. The van der Waals surface area contributed by atoms with Crippen molar-refractivity contribution in [3.05, 3.63) is 88.2 Å². The SMILES string of the molecule is CCC(CC(Oc1cc(OCc2ccsc2)ccc1-c1cc[nH]n1)c1ccccc1C)C(=O)O. The average molecular weight is 477 g/mol. The van der Waals surface area contributed by atoms with Gasteiger partial charge in [0.25, 0.3) is 0 Å². The Morgan fingerprint density at radius 1 is 1.18 bits per heavy atom. The Balaban J connectivity index is 1.69. The van der Waals surface area contributed by atoms with Crippen LogP contribution >= 0.6 is 11.3 Å². The first-order valence-corrected chi connectivity index (χ1v) is 12.2. The molecule has 2 aromatic heterocycles. The summed E-state index contributed by atoms with van der Waals surface area (Å²) >= 11 is 1.63. The van der Waals surface area contributed by atoms with Crippen molar-refractivity contribution >= 4 is 17.3 Å². The largest absolute Gasteiger partial charge is 0.489 e. The molecule has 4 aromatic rings. The molecular formula is C27H28N2O4S. The molecule has 0 spiro atoms. The highest BCUT2D eigenvalue weighted by molar-refractivity contribution is 7.07. The van der Waals surface area contributed by atoms with Gasteiger partial charge in [0.2, 0.25) is 0 Å². The summed E-state index contributed by atoms with van der Waals surface area (Å²) in [7, 11) is 0. The summed E-state index contributed by atoms with van der Waals surface area (Å²) in [5, 5.41) is 21.0. The van der Waals surface area contributed by atoms with Gasteiger partial charge >= 0.3 is 5.97 Å². The van der Waals surface area contributed by atoms with Gasteiger partial charge in [-0.1, -0.05) is 31.2 Å². The number of H-pyrrole nitrogens is 1. The maximum atomic E-state index is 11.9. The summed E-state index contributed by atoms with van der Waals surface area (Å²) in [5.41, 5.74) is 4.69. The van der Waals surface area contributed by atoms with E-state index >= 15 is 0 Å². The summed E-state index contributed by atoms with van der Waals surface area (Å²) in [5.74, 6) is -0.0563. The van der Waals surface area contributed by atoms with E-state index in [4.69, 9.17) is 9.47 Å². The van der Waals surface area contributed by atoms with Crippen LogP contribution in [0.5, 0.6) is 11.5 Å². The number of nitrogens with one attached hydrogen (secondary N) is 1. The summed E-state index contributed by atoms with van der Waals surface area (Å²) in [6.45, 7) is 4.37. The van der Waals surface area contributed by atoms with Gasteiger partial charge in [-0.3, -0.25) is 9.89 Å². The number of rotatable bonds is 11. The molecule has 4 rings (SSSR count). The molecule has 2 unspecified atom stereocenters. The van der Waals surface area contributed by atoms with Gasteiger partial charge in [-0.15, -0.1) is 0 Å². The summed E-state index contributed by atoms with van der Waals surface area (Å²) in [6, 6.07) is 17.5. The first-order valence-electron chi connectivity index (χ1n) is 11.3. The van der Waals surface area contributed by atoms with E-state index in [-0.39, 0.29) is 0 Å². The minimum Gasteiger partial charge on any atom is -0.489 e. The minimum absolute atomic E-state index is 0.358. The lowest BCUT2D eigenvalue weighted by Gasteiger charge is -2.25.